The summed E-state index contributed by atoms with van der Waals surface area (Å²) in [6, 6.07) is 1.08. The molecule has 12 heteroatoms. The molecule has 0 saturated carbocycles. The van der Waals surface area contributed by atoms with E-state index in [0.29, 0.717) is 16.8 Å². The second kappa shape index (κ2) is 6.44. The van der Waals surface area contributed by atoms with Crippen molar-refractivity contribution in [3.8, 4) is 11.4 Å². The first-order valence-corrected chi connectivity index (χ1v) is 6.60. The van der Waals surface area contributed by atoms with E-state index in [2.05, 4.69) is 9.84 Å². The minimum absolute atomic E-state index is 0.321. The zero-order chi connectivity index (χ0) is 18.2. The van der Waals surface area contributed by atoms with Crippen molar-refractivity contribution in [1.29, 1.82) is 0 Å². The van der Waals surface area contributed by atoms with Crippen molar-refractivity contribution >= 4 is 29.2 Å². The van der Waals surface area contributed by atoms with Crippen LogP contribution in [0.3, 0.4) is 0 Å². The molecule has 1 N–H and O–H groups in total. The SMILES string of the molecule is O=C(O)c1nn(-c2c(Cl)cc(C(F)(F)F)cc2Cl)cc1OC(F)F. The van der Waals surface area contributed by atoms with Gasteiger partial charge in [-0.25, -0.2) is 9.48 Å². The first-order chi connectivity index (χ1) is 11.0. The topological polar surface area (TPSA) is 64.3 Å². The van der Waals surface area contributed by atoms with Gasteiger partial charge in [-0.1, -0.05) is 23.2 Å². The lowest BCUT2D eigenvalue weighted by atomic mass is 10.2. The van der Waals surface area contributed by atoms with Gasteiger partial charge in [0.25, 0.3) is 0 Å². The molecule has 2 rings (SSSR count). The molecule has 24 heavy (non-hydrogen) atoms. The van der Waals surface area contributed by atoms with Crippen LogP contribution in [-0.2, 0) is 6.18 Å². The molecule has 130 valence electrons. The Kier molecular flexibility index (Phi) is 4.90. The summed E-state index contributed by atoms with van der Waals surface area (Å²) in [6.07, 6.45) is -4.00. The summed E-state index contributed by atoms with van der Waals surface area (Å²) in [7, 11) is 0. The molecule has 0 saturated heterocycles. The first-order valence-electron chi connectivity index (χ1n) is 5.85. The van der Waals surface area contributed by atoms with Gasteiger partial charge in [0.05, 0.1) is 21.8 Å². The molecule has 0 aliphatic carbocycles. The highest BCUT2D eigenvalue weighted by Gasteiger charge is 2.32. The molecule has 1 aromatic carbocycles. The second-order valence-electron chi connectivity index (χ2n) is 4.26. The highest BCUT2D eigenvalue weighted by atomic mass is 35.5. The van der Waals surface area contributed by atoms with E-state index >= 15 is 0 Å². The lowest BCUT2D eigenvalue weighted by molar-refractivity contribution is -0.137. The molecule has 0 spiro atoms. The zero-order valence-electron chi connectivity index (χ0n) is 11.1. The molecule has 5 nitrogen and oxygen atoms in total. The van der Waals surface area contributed by atoms with Gasteiger partial charge in [-0.2, -0.15) is 27.1 Å². The third-order valence-electron chi connectivity index (χ3n) is 2.67. The van der Waals surface area contributed by atoms with E-state index in [9.17, 15) is 26.7 Å². The van der Waals surface area contributed by atoms with Crippen LogP contribution in [0.5, 0.6) is 5.75 Å². The summed E-state index contributed by atoms with van der Waals surface area (Å²) in [6.45, 7) is -3.33. The number of halogens is 7. The van der Waals surface area contributed by atoms with Crippen LogP contribution in [0.4, 0.5) is 22.0 Å². The molecule has 0 aliphatic heterocycles. The average Bonchev–Trinajstić information content (AvgIpc) is 2.79. The predicted molar refractivity (Wildman–Crippen MR) is 72.2 cm³/mol. The number of ether oxygens (including phenoxy) is 1. The van der Waals surface area contributed by atoms with E-state index in [1.807, 2.05) is 0 Å². The lowest BCUT2D eigenvalue weighted by Crippen LogP contribution is -2.07. The van der Waals surface area contributed by atoms with Crippen molar-refractivity contribution in [2.24, 2.45) is 0 Å². The molecule has 0 radical (unpaired) electrons. The quantitative estimate of drug-likeness (QED) is 0.780. The number of benzene rings is 1. The van der Waals surface area contributed by atoms with E-state index < -0.39 is 45.8 Å². The van der Waals surface area contributed by atoms with Crippen molar-refractivity contribution < 1.29 is 36.6 Å². The minimum Gasteiger partial charge on any atom is -0.476 e. The molecule has 1 heterocycles. The van der Waals surface area contributed by atoms with Crippen LogP contribution in [-0.4, -0.2) is 27.5 Å². The number of carbonyl (C=O) groups is 1. The Morgan fingerprint density at radius 3 is 2.21 bits per heavy atom. The van der Waals surface area contributed by atoms with Gasteiger partial charge in [0.1, 0.15) is 5.69 Å². The number of carboxylic acid groups (broad SMARTS) is 1. The molecule has 0 fully saturated rings. The van der Waals surface area contributed by atoms with Gasteiger partial charge in [-0.3, -0.25) is 0 Å². The van der Waals surface area contributed by atoms with Crippen LogP contribution in [0.25, 0.3) is 5.69 Å². The third kappa shape index (κ3) is 3.70. The van der Waals surface area contributed by atoms with Gasteiger partial charge >= 0.3 is 18.8 Å². The number of hydrogen-bond acceptors (Lipinski definition) is 3. The number of rotatable bonds is 4. The Morgan fingerprint density at radius 2 is 1.79 bits per heavy atom. The number of aromatic carboxylic acids is 1. The van der Waals surface area contributed by atoms with Crippen LogP contribution in [0.1, 0.15) is 16.1 Å². The molecule has 0 unspecified atom stereocenters. The second-order valence-corrected chi connectivity index (χ2v) is 5.07. The Hall–Kier alpha value is -2.07. The maximum absolute atomic E-state index is 12.7. The van der Waals surface area contributed by atoms with Crippen molar-refractivity contribution in [3.05, 3.63) is 39.6 Å². The largest absolute Gasteiger partial charge is 0.476 e. The fraction of sp³-hybridized carbons (Fsp3) is 0.167. The van der Waals surface area contributed by atoms with E-state index in [1.165, 1.54) is 0 Å². The maximum Gasteiger partial charge on any atom is 0.416 e. The van der Waals surface area contributed by atoms with Gasteiger partial charge in [0, 0.05) is 0 Å². The summed E-state index contributed by atoms with van der Waals surface area (Å²) in [4.78, 5) is 11.0. The van der Waals surface area contributed by atoms with Crippen LogP contribution in [0, 0.1) is 0 Å². The maximum atomic E-state index is 12.7. The van der Waals surface area contributed by atoms with Crippen molar-refractivity contribution in [2.75, 3.05) is 0 Å². The molecule has 0 atom stereocenters. The minimum atomic E-state index is -4.72. The number of nitrogens with zero attached hydrogens (tertiary/aromatic N) is 2. The molecular weight excluding hydrogens is 386 g/mol. The normalized spacial score (nSPS) is 11.8. The van der Waals surface area contributed by atoms with Gasteiger partial charge in [-0.05, 0) is 12.1 Å². The fourth-order valence-electron chi connectivity index (χ4n) is 1.75. The van der Waals surface area contributed by atoms with Gasteiger partial charge in [-0.15, -0.1) is 0 Å². The van der Waals surface area contributed by atoms with Crippen molar-refractivity contribution in [1.82, 2.24) is 9.78 Å². The van der Waals surface area contributed by atoms with E-state index in [1.54, 1.807) is 0 Å². The summed E-state index contributed by atoms with van der Waals surface area (Å²) in [5.41, 5.74) is -2.35. The molecule has 0 bridgehead atoms. The van der Waals surface area contributed by atoms with E-state index in [4.69, 9.17) is 28.3 Å². The Morgan fingerprint density at radius 1 is 1.25 bits per heavy atom. The van der Waals surface area contributed by atoms with Crippen LogP contribution in [0.2, 0.25) is 10.0 Å². The Bertz CT molecular complexity index is 768. The van der Waals surface area contributed by atoms with Gasteiger partial charge < -0.3 is 9.84 Å². The first kappa shape index (κ1) is 18.3. The summed E-state index contributed by atoms with van der Waals surface area (Å²) >= 11 is 11.5. The van der Waals surface area contributed by atoms with Crippen molar-refractivity contribution in [2.45, 2.75) is 12.8 Å². The van der Waals surface area contributed by atoms with Crippen LogP contribution in [0.15, 0.2) is 18.3 Å². The van der Waals surface area contributed by atoms with Crippen LogP contribution < -0.4 is 4.74 Å². The van der Waals surface area contributed by atoms with E-state index in [-0.39, 0.29) is 5.69 Å². The zero-order valence-corrected chi connectivity index (χ0v) is 12.6. The third-order valence-corrected chi connectivity index (χ3v) is 3.25. The standard InChI is InChI=1S/C12H5Cl2F5N2O3/c13-5-1-4(12(17,18)19)2-6(14)9(5)21-3-7(24-11(15)16)8(20-21)10(22)23/h1-3,11H,(H,22,23). The highest BCUT2D eigenvalue weighted by molar-refractivity contribution is 6.37. The Balaban J connectivity index is 2.58. The van der Waals surface area contributed by atoms with Gasteiger partial charge in [0.15, 0.2) is 5.75 Å². The predicted octanol–water partition coefficient (Wildman–Crippen LogP) is 4.50. The Labute approximate surface area is 140 Å². The average molecular weight is 391 g/mol. The number of alkyl halides is 5. The highest BCUT2D eigenvalue weighted by Crippen LogP contribution is 2.38. The van der Waals surface area contributed by atoms with Crippen molar-refractivity contribution in [3.63, 3.8) is 0 Å². The molecule has 0 amide bonds. The number of aromatic nitrogens is 2. The number of hydrogen-bond donors (Lipinski definition) is 1. The molecule has 2 aromatic rings. The summed E-state index contributed by atoms with van der Waals surface area (Å²) in [5.74, 6) is -2.49. The smallest absolute Gasteiger partial charge is 0.416 e. The van der Waals surface area contributed by atoms with Gasteiger partial charge in [0.2, 0.25) is 5.69 Å². The fourth-order valence-corrected chi connectivity index (χ4v) is 2.41. The number of carboxylic acids is 1. The molecule has 0 aliphatic rings. The monoisotopic (exact) mass is 390 g/mol. The molecular formula is C12H5Cl2F5N2O3. The van der Waals surface area contributed by atoms with Crippen LogP contribution >= 0.6 is 23.2 Å². The summed E-state index contributed by atoms with van der Waals surface area (Å²) in [5, 5.41) is 11.3. The molecule has 1 aromatic heterocycles. The summed E-state index contributed by atoms with van der Waals surface area (Å²) < 4.78 is 67.3. The van der Waals surface area contributed by atoms with E-state index in [0.717, 1.165) is 6.20 Å². The lowest BCUT2D eigenvalue weighted by Gasteiger charge is -2.12.